The Morgan fingerprint density at radius 2 is 2.29 bits per heavy atom. The van der Waals surface area contributed by atoms with Crippen LogP contribution in [0.5, 0.6) is 0 Å². The number of carbonyl (C=O) groups is 1. The van der Waals surface area contributed by atoms with Crippen LogP contribution in [0.15, 0.2) is 29.0 Å². The molecular formula is C14H12N4O3. The molecule has 0 spiro atoms. The minimum Gasteiger partial charge on any atom is -0.481 e. The maximum atomic E-state index is 11.1. The van der Waals surface area contributed by atoms with E-state index in [0.29, 0.717) is 30.4 Å². The summed E-state index contributed by atoms with van der Waals surface area (Å²) in [5.74, 6) is -0.303. The molecule has 0 aliphatic carbocycles. The second kappa shape index (κ2) is 4.41. The number of hydrogen-bond acceptors (Lipinski definition) is 5. The molecule has 1 aliphatic rings. The second-order valence-corrected chi connectivity index (χ2v) is 5.18. The van der Waals surface area contributed by atoms with Gasteiger partial charge in [0.2, 0.25) is 0 Å². The minimum atomic E-state index is -0.756. The lowest BCUT2D eigenvalue weighted by Crippen LogP contribution is -2.26. The van der Waals surface area contributed by atoms with Gasteiger partial charge in [-0.3, -0.25) is 4.79 Å². The molecular weight excluding hydrogens is 272 g/mol. The van der Waals surface area contributed by atoms with E-state index in [2.05, 4.69) is 19.9 Å². The van der Waals surface area contributed by atoms with Gasteiger partial charge in [0.15, 0.2) is 0 Å². The first-order valence-electron chi connectivity index (χ1n) is 6.73. The Hall–Kier alpha value is -2.70. The first-order chi connectivity index (χ1) is 10.2. The van der Waals surface area contributed by atoms with Gasteiger partial charge in [0.1, 0.15) is 16.9 Å². The van der Waals surface area contributed by atoms with Crippen molar-refractivity contribution in [1.82, 2.24) is 19.9 Å². The number of fused-ring (bicyclic) bond motifs is 2. The molecule has 4 rings (SSSR count). The van der Waals surface area contributed by atoms with Gasteiger partial charge in [-0.15, -0.1) is 0 Å². The van der Waals surface area contributed by atoms with Crippen LogP contribution < -0.4 is 0 Å². The summed E-state index contributed by atoms with van der Waals surface area (Å²) in [7, 11) is 0. The van der Waals surface area contributed by atoms with Crippen LogP contribution in [-0.2, 0) is 17.8 Å². The van der Waals surface area contributed by atoms with Gasteiger partial charge >= 0.3 is 5.97 Å². The SMILES string of the molecule is O=C(O)C1CCn2c(-c3cccc4nonc34)cnc2C1. The standard InChI is InChI=1S/C14H12N4O3/c19-14(20)8-4-5-18-11(7-15-12(18)6-8)9-2-1-3-10-13(9)17-21-16-10/h1-3,7-8H,4-6H2,(H,19,20). The van der Waals surface area contributed by atoms with Gasteiger partial charge in [0, 0.05) is 18.5 Å². The highest BCUT2D eigenvalue weighted by Crippen LogP contribution is 2.30. The summed E-state index contributed by atoms with van der Waals surface area (Å²) < 4.78 is 6.85. The van der Waals surface area contributed by atoms with Crippen molar-refractivity contribution in [3.63, 3.8) is 0 Å². The molecule has 1 N–H and O–H groups in total. The van der Waals surface area contributed by atoms with Crippen molar-refractivity contribution in [2.45, 2.75) is 19.4 Å². The molecule has 7 heteroatoms. The van der Waals surface area contributed by atoms with E-state index in [-0.39, 0.29) is 5.92 Å². The smallest absolute Gasteiger partial charge is 0.307 e. The Bertz CT molecular complexity index is 836. The van der Waals surface area contributed by atoms with Gasteiger partial charge < -0.3 is 9.67 Å². The van der Waals surface area contributed by atoms with Crippen LogP contribution in [-0.4, -0.2) is 30.9 Å². The molecule has 1 unspecified atom stereocenters. The van der Waals surface area contributed by atoms with Gasteiger partial charge in [-0.2, -0.15) is 0 Å². The first kappa shape index (κ1) is 12.1. The van der Waals surface area contributed by atoms with Gasteiger partial charge in [0.25, 0.3) is 0 Å². The molecule has 0 saturated carbocycles. The summed E-state index contributed by atoms with van der Waals surface area (Å²) in [5, 5.41) is 16.9. The second-order valence-electron chi connectivity index (χ2n) is 5.18. The Morgan fingerprint density at radius 1 is 1.38 bits per heavy atom. The molecule has 0 amide bonds. The molecule has 3 aromatic rings. The highest BCUT2D eigenvalue weighted by molar-refractivity contribution is 5.89. The molecule has 2 aromatic heterocycles. The van der Waals surface area contributed by atoms with Gasteiger partial charge in [-0.25, -0.2) is 9.61 Å². The third kappa shape index (κ3) is 1.81. The number of imidazole rings is 1. The maximum absolute atomic E-state index is 11.1. The van der Waals surface area contributed by atoms with Crippen molar-refractivity contribution in [3.8, 4) is 11.3 Å². The summed E-state index contributed by atoms with van der Waals surface area (Å²) in [5.41, 5.74) is 3.22. The molecule has 0 saturated heterocycles. The van der Waals surface area contributed by atoms with E-state index >= 15 is 0 Å². The normalized spacial score (nSPS) is 17.8. The number of nitrogens with zero attached hydrogens (tertiary/aromatic N) is 4. The zero-order valence-corrected chi connectivity index (χ0v) is 11.1. The third-order valence-corrected chi connectivity index (χ3v) is 3.98. The maximum Gasteiger partial charge on any atom is 0.307 e. The topological polar surface area (TPSA) is 94.0 Å². The van der Waals surface area contributed by atoms with E-state index in [1.165, 1.54) is 0 Å². The lowest BCUT2D eigenvalue weighted by atomic mass is 9.98. The molecule has 1 atom stereocenters. The Kier molecular flexibility index (Phi) is 2.53. The van der Waals surface area contributed by atoms with Crippen molar-refractivity contribution in [1.29, 1.82) is 0 Å². The van der Waals surface area contributed by atoms with Crippen molar-refractivity contribution >= 4 is 17.0 Å². The zero-order valence-electron chi connectivity index (χ0n) is 11.1. The Labute approximate surface area is 119 Å². The van der Waals surface area contributed by atoms with Gasteiger partial charge in [-0.05, 0) is 22.8 Å². The number of benzene rings is 1. The Balaban J connectivity index is 1.82. The fourth-order valence-electron chi connectivity index (χ4n) is 2.87. The number of carboxylic acids is 1. The molecule has 7 nitrogen and oxygen atoms in total. The molecule has 0 radical (unpaired) electrons. The summed E-state index contributed by atoms with van der Waals surface area (Å²) in [4.78, 5) is 15.5. The average Bonchev–Trinajstić information content (AvgIpc) is 3.12. The van der Waals surface area contributed by atoms with E-state index in [1.807, 2.05) is 18.2 Å². The van der Waals surface area contributed by atoms with E-state index in [4.69, 9.17) is 9.74 Å². The highest BCUT2D eigenvalue weighted by Gasteiger charge is 2.27. The Morgan fingerprint density at radius 3 is 3.14 bits per heavy atom. The van der Waals surface area contributed by atoms with Crippen molar-refractivity contribution < 1.29 is 14.5 Å². The average molecular weight is 284 g/mol. The van der Waals surface area contributed by atoms with E-state index in [9.17, 15) is 4.79 Å². The van der Waals surface area contributed by atoms with Gasteiger partial charge in [-0.1, -0.05) is 12.1 Å². The van der Waals surface area contributed by atoms with Crippen LogP contribution in [0.1, 0.15) is 12.2 Å². The van der Waals surface area contributed by atoms with Crippen LogP contribution in [0.3, 0.4) is 0 Å². The van der Waals surface area contributed by atoms with Crippen LogP contribution in [0.2, 0.25) is 0 Å². The number of carboxylic acid groups (broad SMARTS) is 1. The monoisotopic (exact) mass is 284 g/mol. The van der Waals surface area contributed by atoms with E-state index < -0.39 is 5.97 Å². The largest absolute Gasteiger partial charge is 0.481 e. The molecule has 0 fully saturated rings. The highest BCUT2D eigenvalue weighted by atomic mass is 16.6. The van der Waals surface area contributed by atoms with Crippen LogP contribution >= 0.6 is 0 Å². The molecule has 1 aliphatic heterocycles. The number of hydrogen-bond donors (Lipinski definition) is 1. The van der Waals surface area contributed by atoms with Crippen LogP contribution in [0.4, 0.5) is 0 Å². The summed E-state index contributed by atoms with van der Waals surface area (Å²) in [6.45, 7) is 0.642. The minimum absolute atomic E-state index is 0.350. The van der Waals surface area contributed by atoms with E-state index in [0.717, 1.165) is 17.1 Å². The number of aliphatic carboxylic acids is 1. The molecule has 21 heavy (non-hydrogen) atoms. The first-order valence-corrected chi connectivity index (χ1v) is 6.73. The predicted octanol–water partition coefficient (Wildman–Crippen LogP) is 1.73. The lowest BCUT2D eigenvalue weighted by molar-refractivity contribution is -0.142. The number of rotatable bonds is 2. The lowest BCUT2D eigenvalue weighted by Gasteiger charge is -2.21. The zero-order chi connectivity index (χ0) is 14.4. The fourth-order valence-corrected chi connectivity index (χ4v) is 2.87. The van der Waals surface area contributed by atoms with Crippen LogP contribution in [0, 0.1) is 5.92 Å². The molecule has 1 aromatic carbocycles. The summed E-state index contributed by atoms with van der Waals surface area (Å²) in [6.07, 6.45) is 2.84. The fraction of sp³-hybridized carbons (Fsp3) is 0.286. The quantitative estimate of drug-likeness (QED) is 0.770. The number of aromatic nitrogens is 4. The molecule has 3 heterocycles. The van der Waals surface area contributed by atoms with E-state index in [1.54, 1.807) is 6.20 Å². The van der Waals surface area contributed by atoms with Gasteiger partial charge in [0.05, 0.1) is 17.8 Å². The van der Waals surface area contributed by atoms with Crippen molar-refractivity contribution in [2.24, 2.45) is 5.92 Å². The molecule has 0 bridgehead atoms. The third-order valence-electron chi connectivity index (χ3n) is 3.98. The van der Waals surface area contributed by atoms with Crippen molar-refractivity contribution in [2.75, 3.05) is 0 Å². The summed E-state index contributed by atoms with van der Waals surface area (Å²) >= 11 is 0. The van der Waals surface area contributed by atoms with Crippen LogP contribution in [0.25, 0.3) is 22.3 Å². The summed E-state index contributed by atoms with van der Waals surface area (Å²) in [6, 6.07) is 5.67. The van der Waals surface area contributed by atoms with Crippen molar-refractivity contribution in [3.05, 3.63) is 30.2 Å². The predicted molar refractivity (Wildman–Crippen MR) is 72.5 cm³/mol. The molecule has 106 valence electrons.